The molecule has 0 atom stereocenters. The van der Waals surface area contributed by atoms with Gasteiger partial charge < -0.3 is 0 Å². The van der Waals surface area contributed by atoms with Crippen LogP contribution in [0.2, 0.25) is 0 Å². The van der Waals surface area contributed by atoms with E-state index in [4.69, 9.17) is 0 Å². The summed E-state index contributed by atoms with van der Waals surface area (Å²) in [4.78, 5) is 0. The van der Waals surface area contributed by atoms with E-state index in [0.717, 1.165) is 44.3 Å². The lowest BCUT2D eigenvalue weighted by molar-refractivity contribution is 1.57. The second-order valence-electron chi connectivity index (χ2n) is 11.5. The lowest BCUT2D eigenvalue weighted by atomic mass is 9.86. The number of hydrogen-bond donors (Lipinski definition) is 0. The Hall–Kier alpha value is -5.72. The second kappa shape index (κ2) is 11.1. The molecule has 0 saturated heterocycles. The fraction of sp³-hybridized carbons (Fsp3) is 0.0222. The van der Waals surface area contributed by atoms with Gasteiger partial charge in [-0.25, -0.2) is 0 Å². The van der Waals surface area contributed by atoms with Gasteiger partial charge in [0.15, 0.2) is 0 Å². The van der Waals surface area contributed by atoms with Gasteiger partial charge in [-0.3, -0.25) is 0 Å². The van der Waals surface area contributed by atoms with Crippen LogP contribution in [-0.2, 0) is 0 Å². The first-order chi connectivity index (χ1) is 22.0. The lowest BCUT2D eigenvalue weighted by Crippen LogP contribution is -2.03. The minimum absolute atomic E-state index is 0.882. The van der Waals surface area contributed by atoms with Crippen molar-refractivity contribution < 1.29 is 0 Å². The topological polar surface area (TPSA) is 0 Å². The Morgan fingerprint density at radius 3 is 1.96 bits per heavy atom. The minimum Gasteiger partial charge on any atom is -0.0984 e. The molecule has 0 aliphatic carbocycles. The SMILES string of the molecule is C=Cc1ccccc1C(=C)C(=C)c1cc2ccc3c(-c4ccc5ccc(C=C)c6/c(=C\C)ccc4c56)cccc3c2cc1C=C. The number of allylic oxidation sites excluding steroid dienone is 2. The first-order valence-electron chi connectivity index (χ1n) is 15.3. The highest BCUT2D eigenvalue weighted by Crippen LogP contribution is 2.41. The van der Waals surface area contributed by atoms with E-state index in [2.05, 4.69) is 137 Å². The van der Waals surface area contributed by atoms with Crippen molar-refractivity contribution in [3.05, 3.63) is 169 Å². The predicted molar refractivity (Wildman–Crippen MR) is 202 cm³/mol. The maximum Gasteiger partial charge on any atom is -0.00207 e. The maximum absolute atomic E-state index is 4.49. The van der Waals surface area contributed by atoms with Gasteiger partial charge in [0.25, 0.3) is 0 Å². The molecule has 0 amide bonds. The molecule has 0 aliphatic heterocycles. The Morgan fingerprint density at radius 1 is 0.489 bits per heavy atom. The minimum atomic E-state index is 0.882. The number of benzene rings is 7. The van der Waals surface area contributed by atoms with Crippen molar-refractivity contribution in [3.8, 4) is 11.1 Å². The van der Waals surface area contributed by atoms with Gasteiger partial charge in [-0.1, -0.05) is 148 Å². The van der Waals surface area contributed by atoms with Crippen LogP contribution in [0, 0.1) is 0 Å². The van der Waals surface area contributed by atoms with Crippen molar-refractivity contribution in [1.82, 2.24) is 0 Å². The summed E-state index contributed by atoms with van der Waals surface area (Å²) < 4.78 is 0. The van der Waals surface area contributed by atoms with Crippen molar-refractivity contribution in [3.63, 3.8) is 0 Å². The molecule has 0 aromatic heterocycles. The van der Waals surface area contributed by atoms with Crippen molar-refractivity contribution in [1.29, 1.82) is 0 Å². The van der Waals surface area contributed by atoms with Crippen LogP contribution in [0.15, 0.2) is 136 Å². The van der Waals surface area contributed by atoms with Crippen molar-refractivity contribution in [2.45, 2.75) is 6.92 Å². The first-order valence-corrected chi connectivity index (χ1v) is 15.3. The highest BCUT2D eigenvalue weighted by Gasteiger charge is 2.16. The van der Waals surface area contributed by atoms with Gasteiger partial charge in [-0.05, 0) is 117 Å². The van der Waals surface area contributed by atoms with Crippen molar-refractivity contribution in [2.75, 3.05) is 0 Å². The predicted octanol–water partition coefficient (Wildman–Crippen LogP) is 12.1. The molecular formula is C45H34. The van der Waals surface area contributed by atoms with Gasteiger partial charge in [0.05, 0.1) is 0 Å². The molecule has 0 spiro atoms. The number of fused-ring (bicyclic) bond motifs is 3. The summed E-state index contributed by atoms with van der Waals surface area (Å²) in [7, 11) is 0. The molecule has 0 bridgehead atoms. The summed E-state index contributed by atoms with van der Waals surface area (Å²) in [6.45, 7) is 23.3. The largest absolute Gasteiger partial charge is 0.0984 e. The lowest BCUT2D eigenvalue weighted by Gasteiger charge is -2.18. The van der Waals surface area contributed by atoms with Gasteiger partial charge in [0.2, 0.25) is 0 Å². The molecule has 7 aromatic rings. The van der Waals surface area contributed by atoms with Gasteiger partial charge in [-0.2, -0.15) is 0 Å². The van der Waals surface area contributed by atoms with E-state index in [1.807, 2.05) is 30.4 Å². The Labute approximate surface area is 265 Å². The third kappa shape index (κ3) is 4.38. The second-order valence-corrected chi connectivity index (χ2v) is 11.5. The zero-order chi connectivity index (χ0) is 31.2. The monoisotopic (exact) mass is 574 g/mol. The fourth-order valence-corrected chi connectivity index (χ4v) is 6.94. The summed E-state index contributed by atoms with van der Waals surface area (Å²) in [5, 5.41) is 11.0. The summed E-state index contributed by atoms with van der Waals surface area (Å²) in [5.74, 6) is 0. The third-order valence-corrected chi connectivity index (χ3v) is 9.26. The summed E-state index contributed by atoms with van der Waals surface area (Å²) >= 11 is 0. The Bertz CT molecular complexity index is 2460. The molecule has 0 fully saturated rings. The van der Waals surface area contributed by atoms with Gasteiger partial charge in [0, 0.05) is 0 Å². The van der Waals surface area contributed by atoms with Crippen LogP contribution in [0.5, 0.6) is 0 Å². The summed E-state index contributed by atoms with van der Waals surface area (Å²) in [6, 6.07) is 37.2. The fourth-order valence-electron chi connectivity index (χ4n) is 6.94. The van der Waals surface area contributed by atoms with Crippen LogP contribution in [0.25, 0.3) is 89.7 Å². The Morgan fingerprint density at radius 2 is 1.18 bits per heavy atom. The van der Waals surface area contributed by atoms with E-state index in [-0.39, 0.29) is 0 Å². The van der Waals surface area contributed by atoms with Gasteiger partial charge in [0.1, 0.15) is 0 Å². The highest BCUT2D eigenvalue weighted by molar-refractivity contribution is 6.21. The summed E-state index contributed by atoms with van der Waals surface area (Å²) in [5.41, 5.74) is 9.52. The molecule has 45 heavy (non-hydrogen) atoms. The molecule has 0 heterocycles. The zero-order valence-electron chi connectivity index (χ0n) is 25.7. The van der Waals surface area contributed by atoms with E-state index in [0.29, 0.717) is 0 Å². The van der Waals surface area contributed by atoms with E-state index in [1.165, 1.54) is 54.0 Å². The van der Waals surface area contributed by atoms with Crippen LogP contribution < -0.4 is 5.22 Å². The molecule has 0 N–H and O–H groups in total. The Balaban J connectivity index is 1.43. The van der Waals surface area contributed by atoms with Crippen LogP contribution in [0.4, 0.5) is 0 Å². The molecule has 0 nitrogen and oxygen atoms in total. The molecule has 0 heteroatoms. The smallest absolute Gasteiger partial charge is 0.00207 e. The van der Waals surface area contributed by atoms with E-state index >= 15 is 0 Å². The average Bonchev–Trinajstić information content (AvgIpc) is 3.10. The molecule has 0 saturated carbocycles. The molecular weight excluding hydrogens is 540 g/mol. The van der Waals surface area contributed by atoms with Crippen molar-refractivity contribution >= 4 is 78.5 Å². The molecule has 0 unspecified atom stereocenters. The Kier molecular flexibility index (Phi) is 6.92. The maximum atomic E-state index is 4.49. The zero-order valence-corrected chi connectivity index (χ0v) is 25.7. The van der Waals surface area contributed by atoms with E-state index in [1.54, 1.807) is 0 Å². The first kappa shape index (κ1) is 28.1. The molecule has 7 rings (SSSR count). The van der Waals surface area contributed by atoms with Gasteiger partial charge in [-0.15, -0.1) is 0 Å². The van der Waals surface area contributed by atoms with Gasteiger partial charge >= 0.3 is 0 Å². The average molecular weight is 575 g/mol. The van der Waals surface area contributed by atoms with Crippen LogP contribution >= 0.6 is 0 Å². The number of hydrogen-bond acceptors (Lipinski definition) is 0. The standard InChI is InChI=1S/C45H34/c1-7-30-14-11-12-15-36(30)28(5)29(6)42-27-35-22-24-39-37(16-13-17-38(39)43(35)26-33(42)10-4)40-23-21-34-19-18-31(8-2)44-32(9-3)20-25-41(40)45(34)44/h7-27H,1-2,4-6H2,3H3/b32-9-. The highest BCUT2D eigenvalue weighted by atomic mass is 14.2. The molecule has 7 aromatic carbocycles. The number of rotatable bonds is 7. The molecule has 0 aliphatic rings. The van der Waals surface area contributed by atoms with Crippen molar-refractivity contribution in [2.24, 2.45) is 0 Å². The van der Waals surface area contributed by atoms with Crippen LogP contribution in [0.1, 0.15) is 34.7 Å². The van der Waals surface area contributed by atoms with E-state index in [9.17, 15) is 0 Å². The van der Waals surface area contributed by atoms with E-state index < -0.39 is 0 Å². The van der Waals surface area contributed by atoms with Crippen LogP contribution in [-0.4, -0.2) is 0 Å². The molecule has 0 radical (unpaired) electrons. The molecule has 214 valence electrons. The summed E-state index contributed by atoms with van der Waals surface area (Å²) in [6.07, 6.45) is 7.94. The van der Waals surface area contributed by atoms with Crippen LogP contribution in [0.3, 0.4) is 0 Å². The third-order valence-electron chi connectivity index (χ3n) is 9.26. The normalized spacial score (nSPS) is 11.8. The quantitative estimate of drug-likeness (QED) is 0.131.